The van der Waals surface area contributed by atoms with E-state index < -0.39 is 0 Å². The normalized spacial score (nSPS) is 10.8. The van der Waals surface area contributed by atoms with Gasteiger partial charge in [0, 0.05) is 18.7 Å². The minimum atomic E-state index is -0.245. The summed E-state index contributed by atoms with van der Waals surface area (Å²) in [5.74, 6) is 0.419. The maximum absolute atomic E-state index is 13.7. The summed E-state index contributed by atoms with van der Waals surface area (Å²) >= 11 is 0. The number of rotatable bonds is 7. The molecule has 0 aliphatic carbocycles. The molecule has 0 aliphatic rings. The van der Waals surface area contributed by atoms with E-state index in [2.05, 4.69) is 17.3 Å². The van der Waals surface area contributed by atoms with Crippen LogP contribution in [0, 0.1) is 5.82 Å². The first-order chi connectivity index (χ1) is 9.72. The zero-order valence-corrected chi connectivity index (χ0v) is 11.9. The number of hydrogen-bond acceptors (Lipinski definition) is 3. The molecule has 5 heteroatoms. The first-order valence-corrected chi connectivity index (χ1v) is 6.80. The molecule has 0 spiro atoms. The predicted octanol–water partition coefficient (Wildman–Crippen LogP) is 2.73. The molecule has 1 heterocycles. The number of nitrogens with one attached hydrogen (secondary N) is 1. The third kappa shape index (κ3) is 3.81. The quantitative estimate of drug-likeness (QED) is 0.846. The summed E-state index contributed by atoms with van der Waals surface area (Å²) in [6.07, 6.45) is 4.51. The Bertz CT molecular complexity index is 554. The molecule has 0 saturated carbocycles. The molecule has 2 aromatic rings. The SMILES string of the molecule is CCCn1cc(OCc2cc(CNC)ccc2F)cn1. The molecule has 2 rings (SSSR count). The van der Waals surface area contributed by atoms with Crippen molar-refractivity contribution in [2.75, 3.05) is 7.05 Å². The Labute approximate surface area is 118 Å². The van der Waals surface area contributed by atoms with E-state index in [-0.39, 0.29) is 12.4 Å². The average molecular weight is 277 g/mol. The third-order valence-electron chi connectivity index (χ3n) is 2.95. The molecule has 0 amide bonds. The highest BCUT2D eigenvalue weighted by molar-refractivity contribution is 5.25. The fraction of sp³-hybridized carbons (Fsp3) is 0.400. The van der Waals surface area contributed by atoms with Gasteiger partial charge in [-0.15, -0.1) is 0 Å². The van der Waals surface area contributed by atoms with Crippen molar-refractivity contribution < 1.29 is 9.13 Å². The van der Waals surface area contributed by atoms with Gasteiger partial charge in [-0.25, -0.2) is 4.39 Å². The number of aromatic nitrogens is 2. The van der Waals surface area contributed by atoms with Crippen LogP contribution in [0.25, 0.3) is 0 Å². The molecular weight excluding hydrogens is 257 g/mol. The molecule has 108 valence electrons. The Balaban J connectivity index is 2.00. The average Bonchev–Trinajstić information content (AvgIpc) is 2.88. The molecule has 1 N–H and O–H groups in total. The second-order valence-electron chi connectivity index (χ2n) is 4.68. The van der Waals surface area contributed by atoms with E-state index in [0.29, 0.717) is 17.9 Å². The van der Waals surface area contributed by atoms with Gasteiger partial charge in [0.2, 0.25) is 0 Å². The summed E-state index contributed by atoms with van der Waals surface area (Å²) in [5, 5.41) is 7.22. The lowest BCUT2D eigenvalue weighted by atomic mass is 10.1. The van der Waals surface area contributed by atoms with Crippen molar-refractivity contribution in [1.29, 1.82) is 0 Å². The van der Waals surface area contributed by atoms with E-state index >= 15 is 0 Å². The monoisotopic (exact) mass is 277 g/mol. The van der Waals surface area contributed by atoms with E-state index in [1.807, 2.05) is 24.0 Å². The molecule has 0 bridgehead atoms. The minimum absolute atomic E-state index is 0.210. The first-order valence-electron chi connectivity index (χ1n) is 6.80. The number of aryl methyl sites for hydroxylation is 1. The topological polar surface area (TPSA) is 39.1 Å². The second kappa shape index (κ2) is 7.05. The largest absolute Gasteiger partial charge is 0.486 e. The summed E-state index contributed by atoms with van der Waals surface area (Å²) in [5.41, 5.74) is 1.59. The fourth-order valence-electron chi connectivity index (χ4n) is 1.98. The Morgan fingerprint density at radius 2 is 2.25 bits per heavy atom. The zero-order valence-electron chi connectivity index (χ0n) is 11.9. The van der Waals surface area contributed by atoms with Gasteiger partial charge in [-0.2, -0.15) is 5.10 Å². The zero-order chi connectivity index (χ0) is 14.4. The van der Waals surface area contributed by atoms with Crippen LogP contribution < -0.4 is 10.1 Å². The molecular formula is C15H20FN3O. The van der Waals surface area contributed by atoms with Crippen molar-refractivity contribution in [2.45, 2.75) is 33.0 Å². The number of hydrogen-bond donors (Lipinski definition) is 1. The summed E-state index contributed by atoms with van der Waals surface area (Å²) in [6, 6.07) is 5.07. The van der Waals surface area contributed by atoms with E-state index in [0.717, 1.165) is 18.5 Å². The van der Waals surface area contributed by atoms with E-state index in [4.69, 9.17) is 4.74 Å². The van der Waals surface area contributed by atoms with Crippen LogP contribution in [0.2, 0.25) is 0 Å². The highest BCUT2D eigenvalue weighted by Gasteiger charge is 2.06. The molecule has 0 aliphatic heterocycles. The Morgan fingerprint density at radius 1 is 1.40 bits per heavy atom. The summed E-state index contributed by atoms with van der Waals surface area (Å²) in [7, 11) is 1.86. The van der Waals surface area contributed by atoms with E-state index in [1.165, 1.54) is 6.07 Å². The summed E-state index contributed by atoms with van der Waals surface area (Å²) in [6.45, 7) is 3.86. The lowest BCUT2D eigenvalue weighted by Crippen LogP contribution is -2.07. The molecule has 0 atom stereocenters. The first kappa shape index (κ1) is 14.5. The maximum atomic E-state index is 13.7. The van der Waals surface area contributed by atoms with Crippen molar-refractivity contribution >= 4 is 0 Å². The minimum Gasteiger partial charge on any atom is -0.486 e. The summed E-state index contributed by atoms with van der Waals surface area (Å²) in [4.78, 5) is 0. The van der Waals surface area contributed by atoms with Crippen LogP contribution in [0.3, 0.4) is 0 Å². The van der Waals surface area contributed by atoms with Gasteiger partial charge >= 0.3 is 0 Å². The number of ether oxygens (including phenoxy) is 1. The lowest BCUT2D eigenvalue weighted by Gasteiger charge is -2.07. The van der Waals surface area contributed by atoms with Gasteiger partial charge in [0.1, 0.15) is 12.4 Å². The summed E-state index contributed by atoms with van der Waals surface area (Å²) < 4.78 is 21.1. The highest BCUT2D eigenvalue weighted by Crippen LogP contribution is 2.15. The smallest absolute Gasteiger partial charge is 0.157 e. The Hall–Kier alpha value is -1.88. The van der Waals surface area contributed by atoms with Crippen LogP contribution in [0.1, 0.15) is 24.5 Å². The maximum Gasteiger partial charge on any atom is 0.157 e. The lowest BCUT2D eigenvalue weighted by molar-refractivity contribution is 0.299. The van der Waals surface area contributed by atoms with Crippen LogP contribution in [0.4, 0.5) is 4.39 Å². The number of nitrogens with zero attached hydrogens (tertiary/aromatic N) is 2. The molecule has 0 radical (unpaired) electrons. The van der Waals surface area contributed by atoms with Crippen LogP contribution in [-0.4, -0.2) is 16.8 Å². The fourth-order valence-corrected chi connectivity index (χ4v) is 1.98. The van der Waals surface area contributed by atoms with Crippen molar-refractivity contribution in [1.82, 2.24) is 15.1 Å². The molecule has 0 fully saturated rings. The van der Waals surface area contributed by atoms with Crippen molar-refractivity contribution in [3.63, 3.8) is 0 Å². The van der Waals surface area contributed by atoms with E-state index in [9.17, 15) is 4.39 Å². The van der Waals surface area contributed by atoms with Gasteiger partial charge in [-0.1, -0.05) is 13.0 Å². The number of benzene rings is 1. The molecule has 4 nitrogen and oxygen atoms in total. The Morgan fingerprint density at radius 3 is 3.00 bits per heavy atom. The van der Waals surface area contributed by atoms with Gasteiger partial charge in [0.15, 0.2) is 5.75 Å². The second-order valence-corrected chi connectivity index (χ2v) is 4.68. The van der Waals surface area contributed by atoms with Crippen molar-refractivity contribution in [3.8, 4) is 5.75 Å². The van der Waals surface area contributed by atoms with E-state index in [1.54, 1.807) is 12.3 Å². The van der Waals surface area contributed by atoms with Gasteiger partial charge in [-0.3, -0.25) is 4.68 Å². The molecule has 20 heavy (non-hydrogen) atoms. The standard InChI is InChI=1S/C15H20FN3O/c1-3-6-19-10-14(9-18-19)20-11-13-7-12(8-17-2)4-5-15(13)16/h4-5,7,9-10,17H,3,6,8,11H2,1-2H3. The van der Waals surface area contributed by atoms with Gasteiger partial charge in [-0.05, 0) is 31.2 Å². The van der Waals surface area contributed by atoms with Gasteiger partial charge in [0.05, 0.1) is 12.4 Å². The van der Waals surface area contributed by atoms with Crippen LogP contribution in [0.5, 0.6) is 5.75 Å². The molecule has 0 unspecified atom stereocenters. The van der Waals surface area contributed by atoms with Gasteiger partial charge < -0.3 is 10.1 Å². The van der Waals surface area contributed by atoms with Crippen LogP contribution in [0.15, 0.2) is 30.6 Å². The molecule has 1 aromatic heterocycles. The predicted molar refractivity (Wildman–Crippen MR) is 76.0 cm³/mol. The van der Waals surface area contributed by atoms with Gasteiger partial charge in [0.25, 0.3) is 0 Å². The highest BCUT2D eigenvalue weighted by atomic mass is 19.1. The Kier molecular flexibility index (Phi) is 5.12. The molecule has 1 aromatic carbocycles. The number of halogens is 1. The third-order valence-corrected chi connectivity index (χ3v) is 2.95. The molecule has 0 saturated heterocycles. The van der Waals surface area contributed by atoms with Crippen LogP contribution in [-0.2, 0) is 19.7 Å². The van der Waals surface area contributed by atoms with Crippen LogP contribution >= 0.6 is 0 Å². The van der Waals surface area contributed by atoms with Crippen molar-refractivity contribution in [3.05, 3.63) is 47.5 Å². The van der Waals surface area contributed by atoms with Crippen molar-refractivity contribution in [2.24, 2.45) is 0 Å².